The first-order valence-electron chi connectivity index (χ1n) is 7.50. The Kier molecular flexibility index (Phi) is 6.80. The standard InChI is InChI=1S/C15H30N2O2/c1-15(2)8-5-4-7-13(15)14(18)17(10-6-9-16)11-12-19-3/h13H,4-12,16H2,1-3H3. The summed E-state index contributed by atoms with van der Waals surface area (Å²) in [6.45, 7) is 7.12. The van der Waals surface area contributed by atoms with Crippen LogP contribution in [0.5, 0.6) is 0 Å². The summed E-state index contributed by atoms with van der Waals surface area (Å²) in [6.07, 6.45) is 5.46. The second kappa shape index (κ2) is 7.85. The molecule has 1 fully saturated rings. The van der Waals surface area contributed by atoms with Crippen molar-refractivity contribution in [3.05, 3.63) is 0 Å². The van der Waals surface area contributed by atoms with Crippen LogP contribution in [-0.2, 0) is 9.53 Å². The van der Waals surface area contributed by atoms with Gasteiger partial charge in [-0.2, -0.15) is 0 Å². The molecule has 0 radical (unpaired) electrons. The second-order valence-electron chi connectivity index (χ2n) is 6.25. The summed E-state index contributed by atoms with van der Waals surface area (Å²) in [6, 6.07) is 0. The largest absolute Gasteiger partial charge is 0.383 e. The lowest BCUT2D eigenvalue weighted by Crippen LogP contribution is -2.45. The number of amides is 1. The molecule has 0 saturated heterocycles. The summed E-state index contributed by atoms with van der Waals surface area (Å²) in [5.41, 5.74) is 5.70. The Hall–Kier alpha value is -0.610. The van der Waals surface area contributed by atoms with Gasteiger partial charge in [0, 0.05) is 26.1 Å². The third kappa shape index (κ3) is 4.77. The van der Waals surface area contributed by atoms with Crippen LogP contribution < -0.4 is 5.73 Å². The van der Waals surface area contributed by atoms with Crippen LogP contribution in [0.25, 0.3) is 0 Å². The zero-order valence-corrected chi connectivity index (χ0v) is 12.8. The highest BCUT2D eigenvalue weighted by Gasteiger charge is 2.38. The number of rotatable bonds is 7. The lowest BCUT2D eigenvalue weighted by atomic mass is 9.68. The van der Waals surface area contributed by atoms with Crippen molar-refractivity contribution >= 4 is 5.91 Å². The van der Waals surface area contributed by atoms with Crippen molar-refractivity contribution in [1.82, 2.24) is 4.90 Å². The maximum Gasteiger partial charge on any atom is 0.226 e. The highest BCUT2D eigenvalue weighted by molar-refractivity contribution is 5.79. The molecule has 4 nitrogen and oxygen atoms in total. The van der Waals surface area contributed by atoms with E-state index >= 15 is 0 Å². The maximum atomic E-state index is 12.8. The van der Waals surface area contributed by atoms with E-state index in [1.807, 2.05) is 4.90 Å². The highest BCUT2D eigenvalue weighted by Crippen LogP contribution is 2.41. The molecule has 112 valence electrons. The van der Waals surface area contributed by atoms with Crippen molar-refractivity contribution in [3.63, 3.8) is 0 Å². The Morgan fingerprint density at radius 2 is 2.11 bits per heavy atom. The molecular formula is C15H30N2O2. The molecule has 0 aromatic rings. The van der Waals surface area contributed by atoms with E-state index in [4.69, 9.17) is 10.5 Å². The van der Waals surface area contributed by atoms with Gasteiger partial charge in [0.05, 0.1) is 6.61 Å². The Labute approximate surface area is 117 Å². The van der Waals surface area contributed by atoms with Gasteiger partial charge < -0.3 is 15.4 Å². The summed E-state index contributed by atoms with van der Waals surface area (Å²) in [5, 5.41) is 0. The van der Waals surface area contributed by atoms with E-state index in [0.717, 1.165) is 25.8 Å². The van der Waals surface area contributed by atoms with Crippen molar-refractivity contribution in [2.45, 2.75) is 46.0 Å². The average molecular weight is 270 g/mol. The number of hydrogen-bond acceptors (Lipinski definition) is 3. The normalized spacial score (nSPS) is 22.2. The molecule has 0 spiro atoms. The molecule has 1 rings (SSSR count). The molecule has 0 heterocycles. The Morgan fingerprint density at radius 1 is 1.37 bits per heavy atom. The molecule has 0 aromatic heterocycles. The van der Waals surface area contributed by atoms with E-state index in [9.17, 15) is 4.79 Å². The van der Waals surface area contributed by atoms with Gasteiger partial charge in [0.1, 0.15) is 0 Å². The number of carbonyl (C=O) groups excluding carboxylic acids is 1. The molecule has 1 amide bonds. The monoisotopic (exact) mass is 270 g/mol. The molecule has 0 aliphatic heterocycles. The predicted octanol–water partition coefficient (Wildman–Crippen LogP) is 2.03. The van der Waals surface area contributed by atoms with E-state index < -0.39 is 0 Å². The number of hydrogen-bond donors (Lipinski definition) is 1. The predicted molar refractivity (Wildman–Crippen MR) is 77.9 cm³/mol. The Morgan fingerprint density at radius 3 is 2.68 bits per heavy atom. The minimum absolute atomic E-state index is 0.128. The molecule has 0 aromatic carbocycles. The summed E-state index contributed by atoms with van der Waals surface area (Å²) in [4.78, 5) is 14.7. The zero-order valence-electron chi connectivity index (χ0n) is 12.8. The van der Waals surface area contributed by atoms with Gasteiger partial charge in [0.15, 0.2) is 0 Å². The van der Waals surface area contributed by atoms with Gasteiger partial charge in [-0.1, -0.05) is 26.7 Å². The van der Waals surface area contributed by atoms with Crippen molar-refractivity contribution in [3.8, 4) is 0 Å². The molecule has 0 bridgehead atoms. The number of carbonyl (C=O) groups is 1. The van der Waals surface area contributed by atoms with Crippen molar-refractivity contribution < 1.29 is 9.53 Å². The number of nitrogens with zero attached hydrogens (tertiary/aromatic N) is 1. The molecule has 4 heteroatoms. The van der Waals surface area contributed by atoms with Crippen molar-refractivity contribution in [2.75, 3.05) is 33.4 Å². The minimum atomic E-state index is 0.128. The van der Waals surface area contributed by atoms with E-state index in [1.165, 1.54) is 12.8 Å². The molecular weight excluding hydrogens is 240 g/mol. The molecule has 1 saturated carbocycles. The summed E-state index contributed by atoms with van der Waals surface area (Å²) >= 11 is 0. The summed E-state index contributed by atoms with van der Waals surface area (Å²) in [7, 11) is 1.68. The van der Waals surface area contributed by atoms with Crippen molar-refractivity contribution in [1.29, 1.82) is 0 Å². The lowest BCUT2D eigenvalue weighted by Gasteiger charge is -2.40. The molecule has 1 aliphatic rings. The van der Waals surface area contributed by atoms with Crippen LogP contribution >= 0.6 is 0 Å². The molecule has 19 heavy (non-hydrogen) atoms. The van der Waals surface area contributed by atoms with Crippen LogP contribution in [0.3, 0.4) is 0 Å². The first-order valence-corrected chi connectivity index (χ1v) is 7.50. The van der Waals surface area contributed by atoms with Gasteiger partial charge in [0.2, 0.25) is 5.91 Å². The second-order valence-corrected chi connectivity index (χ2v) is 6.25. The van der Waals surface area contributed by atoms with Gasteiger partial charge in [0.25, 0.3) is 0 Å². The van der Waals surface area contributed by atoms with Crippen LogP contribution in [0.4, 0.5) is 0 Å². The van der Waals surface area contributed by atoms with Gasteiger partial charge >= 0.3 is 0 Å². The smallest absolute Gasteiger partial charge is 0.226 e. The van der Waals surface area contributed by atoms with Gasteiger partial charge in [-0.15, -0.1) is 0 Å². The van der Waals surface area contributed by atoms with E-state index in [-0.39, 0.29) is 11.3 Å². The topological polar surface area (TPSA) is 55.6 Å². The number of nitrogens with two attached hydrogens (primary N) is 1. The average Bonchev–Trinajstić information content (AvgIpc) is 2.38. The lowest BCUT2D eigenvalue weighted by molar-refractivity contribution is -0.141. The Bertz CT molecular complexity index is 271. The number of ether oxygens (including phenoxy) is 1. The highest BCUT2D eigenvalue weighted by atomic mass is 16.5. The zero-order chi connectivity index (χ0) is 14.3. The van der Waals surface area contributed by atoms with Crippen LogP contribution in [0.15, 0.2) is 0 Å². The van der Waals surface area contributed by atoms with Crippen LogP contribution in [0.1, 0.15) is 46.0 Å². The van der Waals surface area contributed by atoms with E-state index in [0.29, 0.717) is 25.6 Å². The van der Waals surface area contributed by atoms with Gasteiger partial charge in [-0.25, -0.2) is 0 Å². The Balaban J connectivity index is 2.67. The molecule has 2 N–H and O–H groups in total. The SMILES string of the molecule is COCCN(CCCN)C(=O)C1CCCCC1(C)C. The number of methoxy groups -OCH3 is 1. The van der Waals surface area contributed by atoms with Crippen molar-refractivity contribution in [2.24, 2.45) is 17.1 Å². The fraction of sp³-hybridized carbons (Fsp3) is 0.933. The van der Waals surface area contributed by atoms with Gasteiger partial charge in [-0.3, -0.25) is 4.79 Å². The van der Waals surface area contributed by atoms with E-state index in [1.54, 1.807) is 7.11 Å². The van der Waals surface area contributed by atoms with Gasteiger partial charge in [-0.05, 0) is 31.2 Å². The summed E-state index contributed by atoms with van der Waals surface area (Å²) in [5.74, 6) is 0.464. The third-order valence-corrected chi connectivity index (χ3v) is 4.31. The van der Waals surface area contributed by atoms with Crippen LogP contribution in [0.2, 0.25) is 0 Å². The third-order valence-electron chi connectivity index (χ3n) is 4.31. The first kappa shape index (κ1) is 16.4. The van der Waals surface area contributed by atoms with Crippen LogP contribution in [0, 0.1) is 11.3 Å². The maximum absolute atomic E-state index is 12.8. The fourth-order valence-corrected chi connectivity index (χ4v) is 2.99. The quantitative estimate of drug-likeness (QED) is 0.770. The minimum Gasteiger partial charge on any atom is -0.383 e. The molecule has 1 atom stereocenters. The molecule has 1 unspecified atom stereocenters. The van der Waals surface area contributed by atoms with E-state index in [2.05, 4.69) is 13.8 Å². The fourth-order valence-electron chi connectivity index (χ4n) is 2.99. The molecule has 1 aliphatic carbocycles. The summed E-state index contributed by atoms with van der Waals surface area (Å²) < 4.78 is 5.12. The van der Waals surface area contributed by atoms with Crippen LogP contribution in [-0.4, -0.2) is 44.2 Å². The first-order chi connectivity index (χ1) is 9.03.